The standard InChI is InChI=1S/C23H25F3N8/c1-4-33-21(14-5-7-15(8-6-14)23(24,25)26)30-18-19(27-12-28-22(18)33)29-16-9-10-17-31-32-20(13(2)3)34(17)11-16/h5-8,12-13,16H,4,9-11H2,1-3H3,(H,27,28,29)/t16-/m0/s1. The number of aromatic nitrogens is 7. The summed E-state index contributed by atoms with van der Waals surface area (Å²) in [6.07, 6.45) is -1.21. The Morgan fingerprint density at radius 2 is 1.88 bits per heavy atom. The Balaban J connectivity index is 1.48. The molecule has 1 aromatic carbocycles. The Hall–Kier alpha value is -3.50. The summed E-state index contributed by atoms with van der Waals surface area (Å²) in [7, 11) is 0. The summed E-state index contributed by atoms with van der Waals surface area (Å²) in [5.41, 5.74) is 1.13. The molecule has 0 unspecified atom stereocenters. The van der Waals surface area contributed by atoms with Crippen LogP contribution in [0.2, 0.25) is 0 Å². The van der Waals surface area contributed by atoms with Gasteiger partial charge in [-0.2, -0.15) is 13.2 Å². The Bertz CT molecular complexity index is 1320. The minimum Gasteiger partial charge on any atom is -0.364 e. The van der Waals surface area contributed by atoms with E-state index in [2.05, 4.69) is 43.9 Å². The van der Waals surface area contributed by atoms with Crippen molar-refractivity contribution in [3.63, 3.8) is 0 Å². The van der Waals surface area contributed by atoms with Crippen molar-refractivity contribution in [1.82, 2.24) is 34.3 Å². The van der Waals surface area contributed by atoms with Crippen LogP contribution in [0, 0.1) is 0 Å². The van der Waals surface area contributed by atoms with Crippen LogP contribution < -0.4 is 5.32 Å². The molecule has 5 rings (SSSR count). The first-order valence-electron chi connectivity index (χ1n) is 11.3. The Kier molecular flexibility index (Phi) is 5.49. The zero-order valence-corrected chi connectivity index (χ0v) is 19.1. The van der Waals surface area contributed by atoms with E-state index in [9.17, 15) is 13.2 Å². The molecule has 0 saturated heterocycles. The van der Waals surface area contributed by atoms with Crippen LogP contribution in [0.4, 0.5) is 19.0 Å². The number of aryl methyl sites for hydroxylation is 2. The van der Waals surface area contributed by atoms with Gasteiger partial charge in [-0.25, -0.2) is 15.0 Å². The van der Waals surface area contributed by atoms with Gasteiger partial charge in [-0.15, -0.1) is 10.2 Å². The van der Waals surface area contributed by atoms with E-state index < -0.39 is 11.7 Å². The molecule has 4 aromatic rings. The number of alkyl halides is 3. The van der Waals surface area contributed by atoms with Crippen LogP contribution in [0.15, 0.2) is 30.6 Å². The van der Waals surface area contributed by atoms with E-state index >= 15 is 0 Å². The van der Waals surface area contributed by atoms with Gasteiger partial charge in [0.15, 0.2) is 17.0 Å². The number of anilines is 1. The van der Waals surface area contributed by atoms with Crippen molar-refractivity contribution in [3.05, 3.63) is 47.8 Å². The Morgan fingerprint density at radius 3 is 2.56 bits per heavy atom. The number of nitrogens with one attached hydrogen (secondary N) is 1. The van der Waals surface area contributed by atoms with Gasteiger partial charge in [0, 0.05) is 37.0 Å². The van der Waals surface area contributed by atoms with Gasteiger partial charge < -0.3 is 14.5 Å². The van der Waals surface area contributed by atoms with Crippen molar-refractivity contribution < 1.29 is 13.2 Å². The van der Waals surface area contributed by atoms with Crippen molar-refractivity contribution in [2.45, 2.75) is 64.8 Å². The molecule has 1 atom stereocenters. The number of imidazole rings is 1. The summed E-state index contributed by atoms with van der Waals surface area (Å²) in [5.74, 6) is 3.40. The van der Waals surface area contributed by atoms with E-state index in [1.165, 1.54) is 18.5 Å². The number of hydrogen-bond donors (Lipinski definition) is 1. The molecule has 3 aromatic heterocycles. The molecular formula is C23H25F3N8. The lowest BCUT2D eigenvalue weighted by atomic mass is 10.1. The predicted molar refractivity (Wildman–Crippen MR) is 121 cm³/mol. The fourth-order valence-corrected chi connectivity index (χ4v) is 4.46. The molecule has 0 fully saturated rings. The normalized spacial score (nSPS) is 16.3. The van der Waals surface area contributed by atoms with Crippen molar-refractivity contribution in [1.29, 1.82) is 0 Å². The van der Waals surface area contributed by atoms with E-state index in [1.807, 2.05) is 11.5 Å². The van der Waals surface area contributed by atoms with Crippen LogP contribution in [0.5, 0.6) is 0 Å². The predicted octanol–water partition coefficient (Wildman–Crippen LogP) is 4.67. The average molecular weight is 471 g/mol. The van der Waals surface area contributed by atoms with Crippen LogP contribution in [0.3, 0.4) is 0 Å². The topological polar surface area (TPSA) is 86.3 Å². The van der Waals surface area contributed by atoms with Crippen molar-refractivity contribution >= 4 is 17.0 Å². The lowest BCUT2D eigenvalue weighted by molar-refractivity contribution is -0.137. The van der Waals surface area contributed by atoms with Gasteiger partial charge in [0.25, 0.3) is 0 Å². The molecule has 1 N–H and O–H groups in total. The summed E-state index contributed by atoms with van der Waals surface area (Å²) < 4.78 is 43.0. The van der Waals surface area contributed by atoms with Gasteiger partial charge >= 0.3 is 6.18 Å². The second kappa shape index (κ2) is 8.37. The summed E-state index contributed by atoms with van der Waals surface area (Å²) in [6.45, 7) is 7.44. The van der Waals surface area contributed by atoms with Gasteiger partial charge in [-0.05, 0) is 25.5 Å². The fraction of sp³-hybridized carbons (Fsp3) is 0.435. The maximum Gasteiger partial charge on any atom is 0.416 e. The first kappa shape index (κ1) is 22.3. The van der Waals surface area contributed by atoms with Crippen LogP contribution in [-0.4, -0.2) is 40.3 Å². The number of benzene rings is 1. The minimum atomic E-state index is -4.38. The summed E-state index contributed by atoms with van der Waals surface area (Å²) in [6, 6.07) is 5.15. The van der Waals surface area contributed by atoms with Crippen molar-refractivity contribution in [2.75, 3.05) is 5.32 Å². The highest BCUT2D eigenvalue weighted by Gasteiger charge is 2.30. The lowest BCUT2D eigenvalue weighted by Gasteiger charge is -2.26. The smallest absolute Gasteiger partial charge is 0.364 e. The number of rotatable bonds is 5. The molecule has 1 aliphatic heterocycles. The molecule has 34 heavy (non-hydrogen) atoms. The fourth-order valence-electron chi connectivity index (χ4n) is 4.46. The third kappa shape index (κ3) is 3.88. The van der Waals surface area contributed by atoms with Crippen LogP contribution in [0.25, 0.3) is 22.6 Å². The maximum atomic E-state index is 13.0. The zero-order valence-electron chi connectivity index (χ0n) is 19.1. The molecule has 0 spiro atoms. The number of nitrogens with zero attached hydrogens (tertiary/aromatic N) is 7. The largest absolute Gasteiger partial charge is 0.416 e. The first-order valence-corrected chi connectivity index (χ1v) is 11.3. The lowest BCUT2D eigenvalue weighted by Crippen LogP contribution is -2.32. The highest BCUT2D eigenvalue weighted by molar-refractivity contribution is 5.86. The molecule has 0 radical (unpaired) electrons. The summed E-state index contributed by atoms with van der Waals surface area (Å²) >= 11 is 0. The highest BCUT2D eigenvalue weighted by atomic mass is 19.4. The Morgan fingerprint density at radius 1 is 1.12 bits per heavy atom. The van der Waals surface area contributed by atoms with E-state index in [0.29, 0.717) is 34.9 Å². The third-order valence-electron chi connectivity index (χ3n) is 6.15. The van der Waals surface area contributed by atoms with Crippen LogP contribution in [-0.2, 0) is 25.7 Å². The second-order valence-electron chi connectivity index (χ2n) is 8.77. The van der Waals surface area contributed by atoms with E-state index in [0.717, 1.165) is 43.2 Å². The second-order valence-corrected chi connectivity index (χ2v) is 8.77. The van der Waals surface area contributed by atoms with E-state index in [1.54, 1.807) is 0 Å². The number of fused-ring (bicyclic) bond motifs is 2. The van der Waals surface area contributed by atoms with Gasteiger partial charge in [-0.3, -0.25) is 0 Å². The molecule has 0 bridgehead atoms. The van der Waals surface area contributed by atoms with E-state index in [4.69, 9.17) is 4.98 Å². The molecule has 0 amide bonds. The molecule has 1 aliphatic rings. The van der Waals surface area contributed by atoms with Gasteiger partial charge in [0.05, 0.1) is 5.56 Å². The quantitative estimate of drug-likeness (QED) is 0.456. The minimum absolute atomic E-state index is 0.111. The molecule has 4 heterocycles. The molecule has 11 heteroatoms. The van der Waals surface area contributed by atoms with Crippen LogP contribution >= 0.6 is 0 Å². The monoisotopic (exact) mass is 470 g/mol. The molecule has 178 valence electrons. The SMILES string of the molecule is CCn1c(-c2ccc(C(F)(F)F)cc2)nc2c(N[C@H]3CCc4nnc(C(C)C)n4C3)ncnc21. The van der Waals surface area contributed by atoms with Crippen LogP contribution in [0.1, 0.15) is 50.3 Å². The average Bonchev–Trinajstić information content (AvgIpc) is 3.40. The first-order chi connectivity index (χ1) is 16.3. The third-order valence-corrected chi connectivity index (χ3v) is 6.15. The van der Waals surface area contributed by atoms with Gasteiger partial charge in [0.1, 0.15) is 23.8 Å². The molecule has 8 nitrogen and oxygen atoms in total. The number of halogens is 3. The van der Waals surface area contributed by atoms with Crippen molar-refractivity contribution in [3.8, 4) is 11.4 Å². The zero-order chi connectivity index (χ0) is 24.0. The maximum absolute atomic E-state index is 13.0. The van der Waals surface area contributed by atoms with E-state index in [-0.39, 0.29) is 12.0 Å². The summed E-state index contributed by atoms with van der Waals surface area (Å²) in [5, 5.41) is 12.2. The van der Waals surface area contributed by atoms with Gasteiger partial charge in [0.2, 0.25) is 0 Å². The van der Waals surface area contributed by atoms with Gasteiger partial charge in [-0.1, -0.05) is 26.0 Å². The molecule has 0 aliphatic carbocycles. The summed E-state index contributed by atoms with van der Waals surface area (Å²) in [4.78, 5) is 13.6. The molecular weight excluding hydrogens is 445 g/mol. The molecule has 0 saturated carbocycles. The van der Waals surface area contributed by atoms with Crippen molar-refractivity contribution in [2.24, 2.45) is 0 Å². The Labute approximate surface area is 194 Å². The number of hydrogen-bond acceptors (Lipinski definition) is 6. The highest BCUT2D eigenvalue weighted by Crippen LogP contribution is 2.32.